The van der Waals surface area contributed by atoms with Crippen LogP contribution in [0, 0.1) is 0 Å². The van der Waals surface area contributed by atoms with Crippen molar-refractivity contribution in [3.63, 3.8) is 0 Å². The molecule has 1 aliphatic heterocycles. The van der Waals surface area contributed by atoms with Gasteiger partial charge in [-0.15, -0.1) is 0 Å². The van der Waals surface area contributed by atoms with Crippen molar-refractivity contribution in [2.75, 3.05) is 13.1 Å². The zero-order chi connectivity index (χ0) is 7.68. The highest BCUT2D eigenvalue weighted by Gasteiger charge is 2.30. The maximum atomic E-state index is 5.73. The fourth-order valence-electron chi connectivity index (χ4n) is 2.29. The Bertz CT molecular complexity index is 124. The van der Waals surface area contributed by atoms with E-state index in [-0.39, 0.29) is 0 Å². The smallest absolute Gasteiger partial charge is 0.0297 e. The second kappa shape index (κ2) is 3.11. The van der Waals surface area contributed by atoms with Gasteiger partial charge in [-0.1, -0.05) is 19.3 Å². The SMILES string of the molecule is NC1CN(C2CCCCC2)C1. The molecule has 0 bridgehead atoms. The fourth-order valence-corrected chi connectivity index (χ4v) is 2.29. The molecule has 0 aromatic carbocycles. The molecule has 2 rings (SSSR count). The highest BCUT2D eigenvalue weighted by atomic mass is 15.2. The van der Waals surface area contributed by atoms with Gasteiger partial charge in [0.15, 0.2) is 0 Å². The van der Waals surface area contributed by atoms with Crippen molar-refractivity contribution in [1.82, 2.24) is 4.90 Å². The Hall–Kier alpha value is -0.0800. The van der Waals surface area contributed by atoms with Gasteiger partial charge in [-0.05, 0) is 12.8 Å². The molecule has 0 amide bonds. The van der Waals surface area contributed by atoms with Crippen LogP contribution < -0.4 is 5.73 Å². The van der Waals surface area contributed by atoms with Crippen LogP contribution in [-0.4, -0.2) is 30.1 Å². The minimum absolute atomic E-state index is 0.483. The van der Waals surface area contributed by atoms with Gasteiger partial charge >= 0.3 is 0 Å². The molecule has 64 valence electrons. The van der Waals surface area contributed by atoms with Gasteiger partial charge in [0.05, 0.1) is 0 Å². The monoisotopic (exact) mass is 154 g/mol. The van der Waals surface area contributed by atoms with E-state index in [9.17, 15) is 0 Å². The molecular weight excluding hydrogens is 136 g/mol. The molecule has 1 saturated heterocycles. The molecule has 0 aromatic rings. The largest absolute Gasteiger partial charge is 0.325 e. The Labute approximate surface area is 68.7 Å². The highest BCUT2D eigenvalue weighted by molar-refractivity contribution is 4.88. The molecule has 1 aliphatic carbocycles. The third kappa shape index (κ3) is 1.57. The van der Waals surface area contributed by atoms with Crippen molar-refractivity contribution in [3.8, 4) is 0 Å². The first-order valence-electron chi connectivity index (χ1n) is 4.86. The number of likely N-dealkylation sites (tertiary alicyclic amines) is 1. The topological polar surface area (TPSA) is 29.3 Å². The molecule has 1 saturated carbocycles. The molecule has 2 heteroatoms. The first kappa shape index (κ1) is 7.56. The number of nitrogens with zero attached hydrogens (tertiary/aromatic N) is 1. The third-order valence-corrected chi connectivity index (χ3v) is 3.03. The van der Waals surface area contributed by atoms with Crippen molar-refractivity contribution in [2.45, 2.75) is 44.2 Å². The van der Waals surface area contributed by atoms with E-state index in [1.807, 2.05) is 0 Å². The summed E-state index contributed by atoms with van der Waals surface area (Å²) in [7, 11) is 0. The lowest BCUT2D eigenvalue weighted by atomic mass is 9.91. The standard InChI is InChI=1S/C9H18N2/c10-8-6-11(7-8)9-4-2-1-3-5-9/h8-9H,1-7,10H2. The molecule has 2 nitrogen and oxygen atoms in total. The van der Waals surface area contributed by atoms with Crippen LogP contribution in [0.25, 0.3) is 0 Å². The Morgan fingerprint density at radius 3 is 2.18 bits per heavy atom. The van der Waals surface area contributed by atoms with Crippen LogP contribution >= 0.6 is 0 Å². The highest BCUT2D eigenvalue weighted by Crippen LogP contribution is 2.25. The average molecular weight is 154 g/mol. The summed E-state index contributed by atoms with van der Waals surface area (Å²) in [5.74, 6) is 0. The van der Waals surface area contributed by atoms with E-state index in [2.05, 4.69) is 4.90 Å². The number of hydrogen-bond acceptors (Lipinski definition) is 2. The molecular formula is C9H18N2. The van der Waals surface area contributed by atoms with Gasteiger partial charge in [0, 0.05) is 25.2 Å². The number of hydrogen-bond donors (Lipinski definition) is 1. The predicted molar refractivity (Wildman–Crippen MR) is 46.4 cm³/mol. The number of rotatable bonds is 1. The molecule has 2 fully saturated rings. The maximum Gasteiger partial charge on any atom is 0.0297 e. The minimum atomic E-state index is 0.483. The van der Waals surface area contributed by atoms with E-state index in [0.717, 1.165) is 19.1 Å². The lowest BCUT2D eigenvalue weighted by Gasteiger charge is -2.44. The van der Waals surface area contributed by atoms with Gasteiger partial charge in [-0.3, -0.25) is 4.90 Å². The summed E-state index contributed by atoms with van der Waals surface area (Å²) in [5.41, 5.74) is 5.73. The van der Waals surface area contributed by atoms with E-state index in [1.165, 1.54) is 32.1 Å². The van der Waals surface area contributed by atoms with E-state index < -0.39 is 0 Å². The first-order chi connectivity index (χ1) is 5.36. The lowest BCUT2D eigenvalue weighted by Crippen LogP contribution is -2.59. The molecule has 0 radical (unpaired) electrons. The molecule has 0 aromatic heterocycles. The van der Waals surface area contributed by atoms with Crippen molar-refractivity contribution in [1.29, 1.82) is 0 Å². The molecule has 2 aliphatic rings. The molecule has 0 atom stereocenters. The van der Waals surface area contributed by atoms with Gasteiger partial charge in [-0.2, -0.15) is 0 Å². The Morgan fingerprint density at radius 1 is 1.00 bits per heavy atom. The molecule has 11 heavy (non-hydrogen) atoms. The summed E-state index contributed by atoms with van der Waals surface area (Å²) in [5, 5.41) is 0. The van der Waals surface area contributed by atoms with Crippen LogP contribution in [0.3, 0.4) is 0 Å². The zero-order valence-corrected chi connectivity index (χ0v) is 7.13. The first-order valence-corrected chi connectivity index (χ1v) is 4.86. The molecule has 2 N–H and O–H groups in total. The van der Waals surface area contributed by atoms with Gasteiger partial charge in [0.2, 0.25) is 0 Å². The van der Waals surface area contributed by atoms with Crippen LogP contribution in [0.5, 0.6) is 0 Å². The predicted octanol–water partition coefficient (Wildman–Crippen LogP) is 0.962. The van der Waals surface area contributed by atoms with Gasteiger partial charge in [0.1, 0.15) is 0 Å². The van der Waals surface area contributed by atoms with Crippen LogP contribution in [0.4, 0.5) is 0 Å². The minimum Gasteiger partial charge on any atom is -0.325 e. The summed E-state index contributed by atoms with van der Waals surface area (Å²) < 4.78 is 0. The Balaban J connectivity index is 1.76. The average Bonchev–Trinajstić information content (AvgIpc) is 2.01. The Morgan fingerprint density at radius 2 is 1.64 bits per heavy atom. The molecule has 1 heterocycles. The van der Waals surface area contributed by atoms with Crippen molar-refractivity contribution >= 4 is 0 Å². The maximum absolute atomic E-state index is 5.73. The number of nitrogens with two attached hydrogens (primary N) is 1. The summed E-state index contributed by atoms with van der Waals surface area (Å²) in [6.45, 7) is 2.31. The second-order valence-corrected chi connectivity index (χ2v) is 4.01. The molecule has 0 unspecified atom stereocenters. The Kier molecular flexibility index (Phi) is 2.14. The lowest BCUT2D eigenvalue weighted by molar-refractivity contribution is 0.0716. The third-order valence-electron chi connectivity index (χ3n) is 3.03. The van der Waals surface area contributed by atoms with E-state index in [4.69, 9.17) is 5.73 Å². The molecule has 0 spiro atoms. The van der Waals surface area contributed by atoms with Crippen molar-refractivity contribution < 1.29 is 0 Å². The van der Waals surface area contributed by atoms with E-state index >= 15 is 0 Å². The van der Waals surface area contributed by atoms with Crippen LogP contribution in [0.1, 0.15) is 32.1 Å². The van der Waals surface area contributed by atoms with Crippen LogP contribution in [-0.2, 0) is 0 Å². The quantitative estimate of drug-likeness (QED) is 0.609. The van der Waals surface area contributed by atoms with Gasteiger partial charge in [0.25, 0.3) is 0 Å². The van der Waals surface area contributed by atoms with E-state index in [0.29, 0.717) is 6.04 Å². The normalized spacial score (nSPS) is 30.3. The summed E-state index contributed by atoms with van der Waals surface area (Å²) in [4.78, 5) is 2.56. The van der Waals surface area contributed by atoms with Crippen LogP contribution in [0.15, 0.2) is 0 Å². The second-order valence-electron chi connectivity index (χ2n) is 4.01. The van der Waals surface area contributed by atoms with E-state index in [1.54, 1.807) is 0 Å². The van der Waals surface area contributed by atoms with Crippen LogP contribution in [0.2, 0.25) is 0 Å². The van der Waals surface area contributed by atoms with Gasteiger partial charge in [-0.25, -0.2) is 0 Å². The summed E-state index contributed by atoms with van der Waals surface area (Å²) >= 11 is 0. The zero-order valence-electron chi connectivity index (χ0n) is 7.13. The fraction of sp³-hybridized carbons (Fsp3) is 1.00. The summed E-state index contributed by atoms with van der Waals surface area (Å²) in [6.07, 6.45) is 7.18. The van der Waals surface area contributed by atoms with Crippen molar-refractivity contribution in [2.24, 2.45) is 5.73 Å². The summed E-state index contributed by atoms with van der Waals surface area (Å²) in [6, 6.07) is 1.38. The van der Waals surface area contributed by atoms with Crippen molar-refractivity contribution in [3.05, 3.63) is 0 Å². The van der Waals surface area contributed by atoms with Gasteiger partial charge < -0.3 is 5.73 Å².